The Labute approximate surface area is 111 Å². The second-order valence-electron chi connectivity index (χ2n) is 4.84. The van der Waals surface area contributed by atoms with Crippen LogP contribution in [0.2, 0.25) is 0 Å². The SMILES string of the molecule is C=C(CC)CC(NCCC)c1cc(C)nnc1C. The highest BCUT2D eigenvalue weighted by Crippen LogP contribution is 2.24. The molecule has 1 N–H and O–H groups in total. The van der Waals surface area contributed by atoms with Crippen LogP contribution in [0.3, 0.4) is 0 Å². The van der Waals surface area contributed by atoms with Crippen molar-refractivity contribution in [1.29, 1.82) is 0 Å². The monoisotopic (exact) mass is 247 g/mol. The molecule has 0 aliphatic rings. The van der Waals surface area contributed by atoms with E-state index >= 15 is 0 Å². The summed E-state index contributed by atoms with van der Waals surface area (Å²) in [6.07, 6.45) is 3.13. The van der Waals surface area contributed by atoms with Crippen LogP contribution in [-0.2, 0) is 0 Å². The van der Waals surface area contributed by atoms with Crippen LogP contribution in [0.5, 0.6) is 0 Å². The maximum absolute atomic E-state index is 4.22. The Morgan fingerprint density at radius 3 is 2.67 bits per heavy atom. The molecular weight excluding hydrogens is 222 g/mol. The van der Waals surface area contributed by atoms with Crippen molar-refractivity contribution in [2.45, 2.75) is 53.0 Å². The molecule has 0 aliphatic heterocycles. The minimum atomic E-state index is 0.312. The van der Waals surface area contributed by atoms with Crippen LogP contribution in [0.25, 0.3) is 0 Å². The molecule has 0 bridgehead atoms. The minimum absolute atomic E-state index is 0.312. The highest BCUT2D eigenvalue weighted by molar-refractivity contribution is 5.25. The van der Waals surface area contributed by atoms with Gasteiger partial charge in [-0.25, -0.2) is 0 Å². The van der Waals surface area contributed by atoms with Crippen molar-refractivity contribution < 1.29 is 0 Å². The molecule has 1 aromatic rings. The Kier molecular flexibility index (Phi) is 5.99. The first-order chi connectivity index (χ1) is 8.58. The van der Waals surface area contributed by atoms with E-state index in [1.54, 1.807) is 0 Å². The molecule has 0 fully saturated rings. The largest absolute Gasteiger partial charge is 0.310 e. The van der Waals surface area contributed by atoms with Gasteiger partial charge >= 0.3 is 0 Å². The Morgan fingerprint density at radius 2 is 2.06 bits per heavy atom. The molecule has 0 aliphatic carbocycles. The molecule has 0 saturated carbocycles. The molecule has 0 aromatic carbocycles. The lowest BCUT2D eigenvalue weighted by Gasteiger charge is -2.21. The van der Waals surface area contributed by atoms with E-state index in [-0.39, 0.29) is 0 Å². The predicted molar refractivity (Wildman–Crippen MR) is 76.6 cm³/mol. The summed E-state index contributed by atoms with van der Waals surface area (Å²) in [6, 6.07) is 2.45. The number of rotatable bonds is 7. The summed E-state index contributed by atoms with van der Waals surface area (Å²) >= 11 is 0. The summed E-state index contributed by atoms with van der Waals surface area (Å²) in [7, 11) is 0. The lowest BCUT2D eigenvalue weighted by molar-refractivity contribution is 0.517. The van der Waals surface area contributed by atoms with Crippen molar-refractivity contribution in [3.05, 3.63) is 35.2 Å². The topological polar surface area (TPSA) is 37.8 Å². The van der Waals surface area contributed by atoms with Gasteiger partial charge in [0.05, 0.1) is 11.4 Å². The molecule has 1 unspecified atom stereocenters. The summed E-state index contributed by atoms with van der Waals surface area (Å²) in [6.45, 7) is 13.5. The fourth-order valence-electron chi connectivity index (χ4n) is 1.97. The van der Waals surface area contributed by atoms with Gasteiger partial charge in [-0.15, -0.1) is 0 Å². The molecule has 3 heteroatoms. The Balaban J connectivity index is 2.92. The van der Waals surface area contributed by atoms with E-state index in [0.717, 1.165) is 37.2 Å². The van der Waals surface area contributed by atoms with Crippen LogP contribution in [0, 0.1) is 13.8 Å². The van der Waals surface area contributed by atoms with Crippen molar-refractivity contribution in [1.82, 2.24) is 15.5 Å². The zero-order valence-corrected chi connectivity index (χ0v) is 12.1. The van der Waals surface area contributed by atoms with Crippen molar-refractivity contribution in [2.24, 2.45) is 0 Å². The zero-order chi connectivity index (χ0) is 13.5. The van der Waals surface area contributed by atoms with Crippen molar-refractivity contribution >= 4 is 0 Å². The van der Waals surface area contributed by atoms with Crippen LogP contribution in [0.15, 0.2) is 18.2 Å². The third kappa shape index (κ3) is 4.22. The number of hydrogen-bond donors (Lipinski definition) is 1. The smallest absolute Gasteiger partial charge is 0.0648 e. The Morgan fingerprint density at radius 1 is 1.33 bits per heavy atom. The second-order valence-corrected chi connectivity index (χ2v) is 4.84. The zero-order valence-electron chi connectivity index (χ0n) is 12.1. The van der Waals surface area contributed by atoms with E-state index in [1.165, 1.54) is 11.1 Å². The normalized spacial score (nSPS) is 12.4. The fraction of sp³-hybridized carbons (Fsp3) is 0.600. The molecule has 1 rings (SSSR count). The van der Waals surface area contributed by atoms with Crippen molar-refractivity contribution in [3.63, 3.8) is 0 Å². The van der Waals surface area contributed by atoms with Gasteiger partial charge in [0, 0.05) is 6.04 Å². The summed E-state index contributed by atoms with van der Waals surface area (Å²) in [5, 5.41) is 11.9. The maximum Gasteiger partial charge on any atom is 0.0648 e. The highest BCUT2D eigenvalue weighted by Gasteiger charge is 2.15. The number of aryl methyl sites for hydroxylation is 2. The highest BCUT2D eigenvalue weighted by atomic mass is 15.1. The third-order valence-electron chi connectivity index (χ3n) is 3.15. The van der Waals surface area contributed by atoms with Crippen LogP contribution in [0.4, 0.5) is 0 Å². The lowest BCUT2D eigenvalue weighted by Crippen LogP contribution is -2.24. The van der Waals surface area contributed by atoms with Crippen molar-refractivity contribution in [2.75, 3.05) is 6.54 Å². The predicted octanol–water partition coefficient (Wildman–Crippen LogP) is 3.49. The van der Waals surface area contributed by atoms with Gasteiger partial charge in [0.25, 0.3) is 0 Å². The molecule has 1 atom stereocenters. The molecule has 3 nitrogen and oxygen atoms in total. The van der Waals surface area contributed by atoms with Gasteiger partial charge in [-0.2, -0.15) is 10.2 Å². The van der Waals surface area contributed by atoms with Gasteiger partial charge in [-0.05, 0) is 51.3 Å². The van der Waals surface area contributed by atoms with Gasteiger partial charge in [-0.1, -0.05) is 26.0 Å². The maximum atomic E-state index is 4.22. The molecule has 18 heavy (non-hydrogen) atoms. The van der Waals surface area contributed by atoms with E-state index in [1.807, 2.05) is 13.8 Å². The molecule has 0 amide bonds. The Bertz CT molecular complexity index is 399. The van der Waals surface area contributed by atoms with E-state index < -0.39 is 0 Å². The van der Waals surface area contributed by atoms with E-state index in [9.17, 15) is 0 Å². The van der Waals surface area contributed by atoms with Crippen LogP contribution in [0.1, 0.15) is 56.1 Å². The molecule has 1 aromatic heterocycles. The standard InChI is InChI=1S/C15H25N3/c1-6-8-16-15(9-11(3)7-2)14-10-12(4)17-18-13(14)5/h10,15-16H,3,6-9H2,1-2,4-5H3. The molecule has 0 saturated heterocycles. The lowest BCUT2D eigenvalue weighted by atomic mass is 9.97. The number of aromatic nitrogens is 2. The van der Waals surface area contributed by atoms with E-state index in [2.05, 4.69) is 42.0 Å². The van der Waals surface area contributed by atoms with Gasteiger partial charge in [0.15, 0.2) is 0 Å². The average Bonchev–Trinajstić information content (AvgIpc) is 2.37. The van der Waals surface area contributed by atoms with E-state index in [0.29, 0.717) is 6.04 Å². The number of hydrogen-bond acceptors (Lipinski definition) is 3. The first-order valence-corrected chi connectivity index (χ1v) is 6.79. The third-order valence-corrected chi connectivity index (χ3v) is 3.15. The Hall–Kier alpha value is -1.22. The first kappa shape index (κ1) is 14.8. The average molecular weight is 247 g/mol. The molecular formula is C15H25N3. The van der Waals surface area contributed by atoms with Gasteiger partial charge in [0.2, 0.25) is 0 Å². The number of nitrogens with zero attached hydrogens (tertiary/aromatic N) is 2. The molecule has 100 valence electrons. The van der Waals surface area contributed by atoms with Gasteiger partial charge in [0.1, 0.15) is 0 Å². The first-order valence-electron chi connectivity index (χ1n) is 6.79. The van der Waals surface area contributed by atoms with Crippen LogP contribution < -0.4 is 5.32 Å². The summed E-state index contributed by atoms with van der Waals surface area (Å²) in [5.74, 6) is 0. The number of nitrogens with one attached hydrogen (secondary N) is 1. The van der Waals surface area contributed by atoms with E-state index in [4.69, 9.17) is 0 Å². The second kappa shape index (κ2) is 7.27. The summed E-state index contributed by atoms with van der Waals surface area (Å²) in [5.41, 5.74) is 4.52. The minimum Gasteiger partial charge on any atom is -0.310 e. The van der Waals surface area contributed by atoms with Crippen molar-refractivity contribution in [3.8, 4) is 0 Å². The quantitative estimate of drug-likeness (QED) is 0.749. The van der Waals surface area contributed by atoms with Crippen LogP contribution >= 0.6 is 0 Å². The summed E-state index contributed by atoms with van der Waals surface area (Å²) in [4.78, 5) is 0. The van der Waals surface area contributed by atoms with Crippen LogP contribution in [-0.4, -0.2) is 16.7 Å². The molecule has 1 heterocycles. The molecule has 0 spiro atoms. The fourth-order valence-corrected chi connectivity index (χ4v) is 1.97. The summed E-state index contributed by atoms with van der Waals surface area (Å²) < 4.78 is 0. The van der Waals surface area contributed by atoms with Gasteiger partial charge < -0.3 is 5.32 Å². The van der Waals surface area contributed by atoms with Gasteiger partial charge in [-0.3, -0.25) is 0 Å². The molecule has 0 radical (unpaired) electrons.